The molecule has 1 heteroatoms. The highest BCUT2D eigenvalue weighted by Crippen LogP contribution is 2.32. The van der Waals surface area contributed by atoms with Crippen LogP contribution in [0.1, 0.15) is 33.1 Å². The first-order chi connectivity index (χ1) is 5.69. The molecule has 0 aromatic rings. The molecule has 0 aromatic carbocycles. The maximum absolute atomic E-state index is 9.72. The predicted molar refractivity (Wildman–Crippen MR) is 51.9 cm³/mol. The van der Waals surface area contributed by atoms with Crippen molar-refractivity contribution in [1.29, 1.82) is 0 Å². The zero-order valence-electron chi connectivity index (χ0n) is 7.96. The van der Waals surface area contributed by atoms with E-state index in [4.69, 9.17) is 0 Å². The molecule has 1 aliphatic carbocycles. The van der Waals surface area contributed by atoms with Crippen molar-refractivity contribution in [3.05, 3.63) is 24.3 Å². The van der Waals surface area contributed by atoms with Gasteiger partial charge in [0.15, 0.2) is 0 Å². The molecular weight excluding hydrogens is 148 g/mol. The van der Waals surface area contributed by atoms with E-state index in [1.807, 2.05) is 18.2 Å². The Bertz CT molecular complexity index is 193. The van der Waals surface area contributed by atoms with E-state index in [1.54, 1.807) is 0 Å². The molecule has 0 aromatic heterocycles. The van der Waals surface area contributed by atoms with Gasteiger partial charge >= 0.3 is 0 Å². The number of aliphatic hydroxyl groups excluding tert-OH is 1. The van der Waals surface area contributed by atoms with Crippen molar-refractivity contribution in [2.24, 2.45) is 5.41 Å². The average Bonchev–Trinajstić information content (AvgIpc) is 2.07. The Labute approximate surface area is 74.8 Å². The summed E-state index contributed by atoms with van der Waals surface area (Å²) in [6.07, 6.45) is 11.1. The normalized spacial score (nSPS) is 34.1. The van der Waals surface area contributed by atoms with Crippen LogP contribution in [-0.2, 0) is 0 Å². The Hall–Kier alpha value is -0.560. The number of hydrogen-bond acceptors (Lipinski definition) is 1. The zero-order valence-corrected chi connectivity index (χ0v) is 7.96. The molecule has 0 aliphatic heterocycles. The third kappa shape index (κ3) is 1.98. The molecular formula is C11H18O. The fraction of sp³-hybridized carbons (Fsp3) is 0.636. The fourth-order valence-electron chi connectivity index (χ4n) is 1.55. The standard InChI is InChI=1S/C11H18O/c1-3-4-8-11(2)9-6-5-7-10(11)12/h5-7,9-10,12H,3-4,8H2,1-2H3. The highest BCUT2D eigenvalue weighted by Gasteiger charge is 2.28. The van der Waals surface area contributed by atoms with E-state index in [0.29, 0.717) is 0 Å². The maximum atomic E-state index is 9.72. The van der Waals surface area contributed by atoms with Crippen LogP contribution in [0.2, 0.25) is 0 Å². The number of rotatable bonds is 3. The number of hydrogen-bond donors (Lipinski definition) is 1. The second-order valence-electron chi connectivity index (χ2n) is 3.80. The van der Waals surface area contributed by atoms with E-state index in [-0.39, 0.29) is 11.5 Å². The van der Waals surface area contributed by atoms with Crippen molar-refractivity contribution >= 4 is 0 Å². The van der Waals surface area contributed by atoms with Crippen molar-refractivity contribution < 1.29 is 5.11 Å². The Morgan fingerprint density at radius 1 is 1.42 bits per heavy atom. The van der Waals surface area contributed by atoms with E-state index in [9.17, 15) is 5.11 Å². The summed E-state index contributed by atoms with van der Waals surface area (Å²) in [5.41, 5.74) is -0.0231. The van der Waals surface area contributed by atoms with Crippen molar-refractivity contribution in [2.45, 2.75) is 39.2 Å². The van der Waals surface area contributed by atoms with E-state index >= 15 is 0 Å². The summed E-state index contributed by atoms with van der Waals surface area (Å²) in [5.74, 6) is 0. The predicted octanol–water partition coefficient (Wildman–Crippen LogP) is 2.67. The molecule has 1 rings (SSSR count). The average molecular weight is 166 g/mol. The van der Waals surface area contributed by atoms with Gasteiger partial charge in [0, 0.05) is 5.41 Å². The lowest BCUT2D eigenvalue weighted by Crippen LogP contribution is -2.30. The summed E-state index contributed by atoms with van der Waals surface area (Å²) in [5, 5.41) is 9.72. The third-order valence-corrected chi connectivity index (χ3v) is 2.63. The molecule has 0 spiro atoms. The molecule has 0 fully saturated rings. The van der Waals surface area contributed by atoms with Crippen LogP contribution in [-0.4, -0.2) is 11.2 Å². The van der Waals surface area contributed by atoms with Gasteiger partial charge in [0.25, 0.3) is 0 Å². The summed E-state index contributed by atoms with van der Waals surface area (Å²) >= 11 is 0. The second-order valence-corrected chi connectivity index (χ2v) is 3.80. The molecule has 0 bridgehead atoms. The zero-order chi connectivity index (χ0) is 9.03. The lowest BCUT2D eigenvalue weighted by molar-refractivity contribution is 0.102. The molecule has 1 N–H and O–H groups in total. The first-order valence-corrected chi connectivity index (χ1v) is 4.73. The van der Waals surface area contributed by atoms with Gasteiger partial charge in [-0.25, -0.2) is 0 Å². The SMILES string of the molecule is CCCCC1(C)C=CC=CC1O. The van der Waals surface area contributed by atoms with Gasteiger partial charge in [-0.3, -0.25) is 0 Å². The van der Waals surface area contributed by atoms with Gasteiger partial charge in [0.2, 0.25) is 0 Å². The summed E-state index contributed by atoms with van der Waals surface area (Å²) < 4.78 is 0. The van der Waals surface area contributed by atoms with Crippen LogP contribution in [0.4, 0.5) is 0 Å². The Balaban J connectivity index is 2.57. The molecule has 12 heavy (non-hydrogen) atoms. The lowest BCUT2D eigenvalue weighted by Gasteiger charge is -2.31. The minimum absolute atomic E-state index is 0.0231. The molecule has 0 saturated heterocycles. The largest absolute Gasteiger partial charge is 0.388 e. The molecule has 2 unspecified atom stereocenters. The number of unbranched alkanes of at least 4 members (excludes halogenated alkanes) is 1. The van der Waals surface area contributed by atoms with Crippen molar-refractivity contribution in [3.63, 3.8) is 0 Å². The van der Waals surface area contributed by atoms with Gasteiger partial charge in [0.1, 0.15) is 0 Å². The van der Waals surface area contributed by atoms with Crippen LogP contribution >= 0.6 is 0 Å². The highest BCUT2D eigenvalue weighted by atomic mass is 16.3. The molecule has 1 aliphatic rings. The lowest BCUT2D eigenvalue weighted by atomic mass is 9.77. The third-order valence-electron chi connectivity index (χ3n) is 2.63. The van der Waals surface area contributed by atoms with Gasteiger partial charge in [-0.05, 0) is 6.42 Å². The Morgan fingerprint density at radius 2 is 2.17 bits per heavy atom. The summed E-state index contributed by atoms with van der Waals surface area (Å²) in [6.45, 7) is 4.30. The van der Waals surface area contributed by atoms with Crippen molar-refractivity contribution in [3.8, 4) is 0 Å². The van der Waals surface area contributed by atoms with Crippen molar-refractivity contribution in [1.82, 2.24) is 0 Å². The van der Waals surface area contributed by atoms with Gasteiger partial charge in [-0.15, -0.1) is 0 Å². The minimum Gasteiger partial charge on any atom is -0.388 e. The van der Waals surface area contributed by atoms with Crippen LogP contribution in [0.25, 0.3) is 0 Å². The topological polar surface area (TPSA) is 20.2 Å². The van der Waals surface area contributed by atoms with E-state index in [2.05, 4.69) is 19.9 Å². The quantitative estimate of drug-likeness (QED) is 0.683. The first kappa shape index (κ1) is 9.53. The van der Waals surface area contributed by atoms with Gasteiger partial charge in [-0.2, -0.15) is 0 Å². The van der Waals surface area contributed by atoms with Gasteiger partial charge < -0.3 is 5.11 Å². The maximum Gasteiger partial charge on any atom is 0.0812 e. The number of allylic oxidation sites excluding steroid dienone is 2. The fourth-order valence-corrected chi connectivity index (χ4v) is 1.55. The van der Waals surface area contributed by atoms with Crippen molar-refractivity contribution in [2.75, 3.05) is 0 Å². The molecule has 0 radical (unpaired) electrons. The van der Waals surface area contributed by atoms with Crippen LogP contribution in [0.3, 0.4) is 0 Å². The highest BCUT2D eigenvalue weighted by molar-refractivity contribution is 5.19. The van der Waals surface area contributed by atoms with Crippen LogP contribution < -0.4 is 0 Å². The van der Waals surface area contributed by atoms with E-state index < -0.39 is 0 Å². The summed E-state index contributed by atoms with van der Waals surface area (Å²) in [7, 11) is 0. The molecule has 0 heterocycles. The van der Waals surface area contributed by atoms with Gasteiger partial charge in [-0.1, -0.05) is 51.0 Å². The van der Waals surface area contributed by atoms with Gasteiger partial charge in [0.05, 0.1) is 6.10 Å². The monoisotopic (exact) mass is 166 g/mol. The molecule has 1 nitrogen and oxygen atoms in total. The number of aliphatic hydroxyl groups is 1. The molecule has 2 atom stereocenters. The van der Waals surface area contributed by atoms with Crippen LogP contribution in [0.15, 0.2) is 24.3 Å². The summed E-state index contributed by atoms with van der Waals surface area (Å²) in [6, 6.07) is 0. The first-order valence-electron chi connectivity index (χ1n) is 4.73. The Morgan fingerprint density at radius 3 is 2.75 bits per heavy atom. The minimum atomic E-state index is -0.297. The Kier molecular flexibility index (Phi) is 3.10. The van der Waals surface area contributed by atoms with Crippen LogP contribution in [0, 0.1) is 5.41 Å². The van der Waals surface area contributed by atoms with Crippen LogP contribution in [0.5, 0.6) is 0 Å². The summed E-state index contributed by atoms with van der Waals surface area (Å²) in [4.78, 5) is 0. The van der Waals surface area contributed by atoms with E-state index in [1.165, 1.54) is 12.8 Å². The smallest absolute Gasteiger partial charge is 0.0812 e. The molecule has 0 amide bonds. The molecule has 68 valence electrons. The second kappa shape index (κ2) is 3.90. The van der Waals surface area contributed by atoms with E-state index in [0.717, 1.165) is 6.42 Å². The molecule has 0 saturated carbocycles.